The molecule has 2 rings (SSSR count). The van der Waals surface area contributed by atoms with E-state index in [9.17, 15) is 14.7 Å². The van der Waals surface area contributed by atoms with Gasteiger partial charge in [-0.1, -0.05) is 48.9 Å². The number of hydrogen-bond acceptors (Lipinski definition) is 4. The van der Waals surface area contributed by atoms with Crippen LogP contribution in [0.1, 0.15) is 32.8 Å². The van der Waals surface area contributed by atoms with Gasteiger partial charge in [-0.05, 0) is 32.3 Å². The van der Waals surface area contributed by atoms with Gasteiger partial charge in [0.2, 0.25) is 5.91 Å². The summed E-state index contributed by atoms with van der Waals surface area (Å²) in [5.74, 6) is -1.04. The monoisotopic (exact) mass is 331 g/mol. The van der Waals surface area contributed by atoms with E-state index in [0.717, 1.165) is 11.1 Å². The second-order valence-electron chi connectivity index (χ2n) is 6.32. The van der Waals surface area contributed by atoms with E-state index in [0.29, 0.717) is 12.8 Å². The predicted octanol–water partition coefficient (Wildman–Crippen LogP) is 2.93. The maximum absolute atomic E-state index is 12.7. The maximum atomic E-state index is 12.7. The van der Waals surface area contributed by atoms with Crippen LogP contribution in [0.5, 0.6) is 0 Å². The van der Waals surface area contributed by atoms with Gasteiger partial charge in [-0.3, -0.25) is 4.79 Å². The molecule has 1 aromatic carbocycles. The van der Waals surface area contributed by atoms with E-state index in [4.69, 9.17) is 4.74 Å². The van der Waals surface area contributed by atoms with Gasteiger partial charge in [-0.25, -0.2) is 9.69 Å². The molecular weight excluding hydrogens is 306 g/mol. The maximum Gasteiger partial charge on any atom is 0.416 e. The van der Waals surface area contributed by atoms with Crippen LogP contribution >= 0.6 is 0 Å². The van der Waals surface area contributed by atoms with Gasteiger partial charge in [-0.15, -0.1) is 0 Å². The third-order valence-electron chi connectivity index (χ3n) is 4.50. The highest BCUT2D eigenvalue weighted by Crippen LogP contribution is 2.23. The molecule has 130 valence electrons. The molecule has 1 fully saturated rings. The molecule has 5 nitrogen and oxygen atoms in total. The van der Waals surface area contributed by atoms with Gasteiger partial charge in [0.05, 0.1) is 18.1 Å². The Morgan fingerprint density at radius 1 is 1.42 bits per heavy atom. The van der Waals surface area contributed by atoms with E-state index >= 15 is 0 Å². The van der Waals surface area contributed by atoms with Crippen molar-refractivity contribution in [3.05, 3.63) is 47.5 Å². The zero-order valence-corrected chi connectivity index (χ0v) is 14.4. The van der Waals surface area contributed by atoms with Crippen LogP contribution in [0.15, 0.2) is 42.0 Å². The number of carbonyl (C=O) groups is 2. The molecule has 1 aromatic rings. The molecule has 5 heteroatoms. The van der Waals surface area contributed by atoms with Crippen LogP contribution in [0.25, 0.3) is 0 Å². The largest absolute Gasteiger partial charge is 0.447 e. The lowest BCUT2D eigenvalue weighted by atomic mass is 9.96. The second-order valence-corrected chi connectivity index (χ2v) is 6.32. The molecule has 1 N–H and O–H groups in total. The normalized spacial score (nSPS) is 20.7. The van der Waals surface area contributed by atoms with Gasteiger partial charge in [0.1, 0.15) is 6.61 Å². The Bertz CT molecular complexity index is 611. The van der Waals surface area contributed by atoms with E-state index < -0.39 is 18.1 Å². The number of allylic oxidation sites excluding steroid dienone is 1. The van der Waals surface area contributed by atoms with Crippen molar-refractivity contribution in [1.82, 2.24) is 4.90 Å². The number of imide groups is 1. The molecule has 1 aliphatic rings. The van der Waals surface area contributed by atoms with Gasteiger partial charge in [0.25, 0.3) is 0 Å². The SMILES string of the molecule is C/C=C(\C)C[C@@H](O)[C@H](C)C(=O)N1C(=O)OC[C@@H]1Cc1ccccc1. The molecule has 1 aliphatic heterocycles. The molecule has 2 amide bonds. The Hall–Kier alpha value is -2.14. The van der Waals surface area contributed by atoms with Crippen molar-refractivity contribution in [1.29, 1.82) is 0 Å². The lowest BCUT2D eigenvalue weighted by Crippen LogP contribution is -2.45. The number of cyclic esters (lactones) is 1. The summed E-state index contributed by atoms with van der Waals surface area (Å²) >= 11 is 0. The number of amides is 2. The fourth-order valence-electron chi connectivity index (χ4n) is 2.78. The molecule has 0 aromatic heterocycles. The third kappa shape index (κ3) is 4.23. The van der Waals surface area contributed by atoms with Gasteiger partial charge in [0, 0.05) is 0 Å². The zero-order valence-electron chi connectivity index (χ0n) is 14.4. The average molecular weight is 331 g/mol. The number of aliphatic hydroxyl groups excluding tert-OH is 1. The molecule has 1 heterocycles. The van der Waals surface area contributed by atoms with Crippen molar-refractivity contribution in [3.8, 4) is 0 Å². The van der Waals surface area contributed by atoms with Crippen LogP contribution in [-0.4, -0.2) is 40.8 Å². The predicted molar refractivity (Wildman–Crippen MR) is 91.3 cm³/mol. The van der Waals surface area contributed by atoms with Crippen LogP contribution in [0.2, 0.25) is 0 Å². The second kappa shape index (κ2) is 8.11. The molecule has 0 unspecified atom stereocenters. The highest BCUT2D eigenvalue weighted by Gasteiger charge is 2.41. The van der Waals surface area contributed by atoms with Crippen LogP contribution in [0.4, 0.5) is 4.79 Å². The van der Waals surface area contributed by atoms with E-state index in [1.807, 2.05) is 50.3 Å². The van der Waals surface area contributed by atoms with Crippen molar-refractivity contribution in [3.63, 3.8) is 0 Å². The summed E-state index contributed by atoms with van der Waals surface area (Å²) in [7, 11) is 0. The van der Waals surface area contributed by atoms with Crippen molar-refractivity contribution >= 4 is 12.0 Å². The van der Waals surface area contributed by atoms with Crippen molar-refractivity contribution in [2.45, 2.75) is 45.8 Å². The van der Waals surface area contributed by atoms with Crippen LogP contribution in [0, 0.1) is 5.92 Å². The molecule has 0 aliphatic carbocycles. The number of benzene rings is 1. The summed E-state index contributed by atoms with van der Waals surface area (Å²) in [6.45, 7) is 5.64. The molecule has 0 spiro atoms. The number of hydrogen-bond donors (Lipinski definition) is 1. The average Bonchev–Trinajstić information content (AvgIpc) is 2.94. The third-order valence-corrected chi connectivity index (χ3v) is 4.50. The van der Waals surface area contributed by atoms with E-state index in [2.05, 4.69) is 0 Å². The molecule has 1 saturated heterocycles. The standard InChI is InChI=1S/C19H25NO4/c1-4-13(2)10-17(21)14(3)18(22)20-16(12-24-19(20)23)11-15-8-6-5-7-9-15/h4-9,14,16-17,21H,10-12H2,1-3H3/b13-4+/t14-,16-,17+/m0/s1. The molecular formula is C19H25NO4. The molecule has 0 radical (unpaired) electrons. The number of ether oxygens (including phenoxy) is 1. The Labute approximate surface area is 142 Å². The van der Waals surface area contributed by atoms with Crippen molar-refractivity contribution in [2.75, 3.05) is 6.61 Å². The quantitative estimate of drug-likeness (QED) is 0.814. The van der Waals surface area contributed by atoms with Gasteiger partial charge >= 0.3 is 6.09 Å². The minimum Gasteiger partial charge on any atom is -0.447 e. The first-order valence-electron chi connectivity index (χ1n) is 8.27. The summed E-state index contributed by atoms with van der Waals surface area (Å²) in [6.07, 6.45) is 1.43. The molecule has 24 heavy (non-hydrogen) atoms. The minimum absolute atomic E-state index is 0.191. The summed E-state index contributed by atoms with van der Waals surface area (Å²) in [5.41, 5.74) is 2.04. The summed E-state index contributed by atoms with van der Waals surface area (Å²) in [6, 6.07) is 9.35. The summed E-state index contributed by atoms with van der Waals surface area (Å²) in [5, 5.41) is 10.3. The minimum atomic E-state index is -0.820. The summed E-state index contributed by atoms with van der Waals surface area (Å²) in [4.78, 5) is 25.9. The molecule has 0 saturated carbocycles. The van der Waals surface area contributed by atoms with Gasteiger partial charge in [0.15, 0.2) is 0 Å². The van der Waals surface area contributed by atoms with Crippen LogP contribution in [0.3, 0.4) is 0 Å². The topological polar surface area (TPSA) is 66.8 Å². The lowest BCUT2D eigenvalue weighted by molar-refractivity contribution is -0.136. The Balaban J connectivity index is 2.08. The Kier molecular flexibility index (Phi) is 6.15. The van der Waals surface area contributed by atoms with Gasteiger partial charge in [-0.2, -0.15) is 0 Å². The van der Waals surface area contributed by atoms with Crippen molar-refractivity contribution < 1.29 is 19.4 Å². The number of nitrogens with zero attached hydrogens (tertiary/aromatic N) is 1. The Morgan fingerprint density at radius 3 is 2.71 bits per heavy atom. The number of rotatable bonds is 6. The zero-order chi connectivity index (χ0) is 17.7. The van der Waals surface area contributed by atoms with Crippen LogP contribution in [-0.2, 0) is 16.0 Å². The number of aliphatic hydroxyl groups is 1. The number of carbonyl (C=O) groups excluding carboxylic acids is 2. The first-order chi connectivity index (χ1) is 11.4. The first-order valence-corrected chi connectivity index (χ1v) is 8.27. The highest BCUT2D eigenvalue weighted by atomic mass is 16.6. The fourth-order valence-corrected chi connectivity index (χ4v) is 2.78. The van der Waals surface area contributed by atoms with E-state index in [1.165, 1.54) is 4.90 Å². The van der Waals surface area contributed by atoms with E-state index in [-0.39, 0.29) is 18.6 Å². The van der Waals surface area contributed by atoms with Crippen LogP contribution < -0.4 is 0 Å². The smallest absolute Gasteiger partial charge is 0.416 e. The molecule has 0 bridgehead atoms. The van der Waals surface area contributed by atoms with E-state index in [1.54, 1.807) is 6.92 Å². The summed E-state index contributed by atoms with van der Waals surface area (Å²) < 4.78 is 5.08. The fraction of sp³-hybridized carbons (Fsp3) is 0.474. The van der Waals surface area contributed by atoms with Crippen molar-refractivity contribution in [2.24, 2.45) is 5.92 Å². The lowest BCUT2D eigenvalue weighted by Gasteiger charge is -2.25. The first kappa shape index (κ1) is 18.2. The highest BCUT2D eigenvalue weighted by molar-refractivity contribution is 5.95. The Morgan fingerprint density at radius 2 is 2.08 bits per heavy atom. The molecule has 3 atom stereocenters. The van der Waals surface area contributed by atoms with Gasteiger partial charge < -0.3 is 9.84 Å².